The molecule has 0 amide bonds. The smallest absolute Gasteiger partial charge is 0.242 e. The zero-order valence-electron chi connectivity index (χ0n) is 10.6. The maximum atomic E-state index is 12.0. The standard InChI is InChI=1S/C10H16N2O4S2/c1-8-5-6-9(11-17(4,13)14)7-10(8)18(15,16)12(2)3/h5-7,11H,1-4H3. The van der Waals surface area contributed by atoms with Crippen LogP contribution in [0.2, 0.25) is 0 Å². The minimum absolute atomic E-state index is 0.0844. The molecule has 1 aromatic carbocycles. The van der Waals surface area contributed by atoms with Gasteiger partial charge in [-0.05, 0) is 24.6 Å². The molecule has 0 radical (unpaired) electrons. The van der Waals surface area contributed by atoms with Crippen LogP contribution < -0.4 is 4.72 Å². The largest absolute Gasteiger partial charge is 0.284 e. The highest BCUT2D eigenvalue weighted by Crippen LogP contribution is 2.22. The van der Waals surface area contributed by atoms with Crippen LogP contribution in [0.4, 0.5) is 5.69 Å². The number of aryl methyl sites for hydroxylation is 1. The highest BCUT2D eigenvalue weighted by atomic mass is 32.2. The monoisotopic (exact) mass is 292 g/mol. The molecule has 18 heavy (non-hydrogen) atoms. The predicted octanol–water partition coefficient (Wildman–Crippen LogP) is 0.617. The zero-order chi connectivity index (χ0) is 14.1. The van der Waals surface area contributed by atoms with E-state index in [1.54, 1.807) is 13.0 Å². The second-order valence-electron chi connectivity index (χ2n) is 4.14. The Hall–Kier alpha value is -1.12. The molecule has 0 saturated heterocycles. The van der Waals surface area contributed by atoms with Gasteiger partial charge in [0.25, 0.3) is 0 Å². The van der Waals surface area contributed by atoms with Crippen molar-refractivity contribution in [1.29, 1.82) is 0 Å². The Labute approximate surface area is 108 Å². The number of rotatable bonds is 4. The van der Waals surface area contributed by atoms with Crippen LogP contribution in [0.3, 0.4) is 0 Å². The van der Waals surface area contributed by atoms with Gasteiger partial charge in [-0.3, -0.25) is 4.72 Å². The zero-order valence-corrected chi connectivity index (χ0v) is 12.3. The number of hydrogen-bond donors (Lipinski definition) is 1. The maximum Gasteiger partial charge on any atom is 0.242 e. The van der Waals surface area contributed by atoms with Crippen molar-refractivity contribution < 1.29 is 16.8 Å². The lowest BCUT2D eigenvalue weighted by molar-refractivity contribution is 0.520. The van der Waals surface area contributed by atoms with Crippen molar-refractivity contribution in [3.63, 3.8) is 0 Å². The number of hydrogen-bond acceptors (Lipinski definition) is 4. The van der Waals surface area contributed by atoms with E-state index in [0.29, 0.717) is 5.56 Å². The summed E-state index contributed by atoms with van der Waals surface area (Å²) in [6.07, 6.45) is 1.01. The van der Waals surface area contributed by atoms with Gasteiger partial charge in [0.05, 0.1) is 11.2 Å². The summed E-state index contributed by atoms with van der Waals surface area (Å²) in [5.74, 6) is 0. The minimum Gasteiger partial charge on any atom is -0.284 e. The van der Waals surface area contributed by atoms with E-state index in [0.717, 1.165) is 10.6 Å². The molecule has 102 valence electrons. The number of anilines is 1. The van der Waals surface area contributed by atoms with E-state index >= 15 is 0 Å². The van der Waals surface area contributed by atoms with Gasteiger partial charge in [-0.2, -0.15) is 0 Å². The quantitative estimate of drug-likeness (QED) is 0.881. The van der Waals surface area contributed by atoms with E-state index in [1.165, 1.54) is 26.2 Å². The van der Waals surface area contributed by atoms with Crippen molar-refractivity contribution in [2.24, 2.45) is 0 Å². The van der Waals surface area contributed by atoms with Gasteiger partial charge in [-0.25, -0.2) is 21.1 Å². The van der Waals surface area contributed by atoms with Gasteiger partial charge in [0.2, 0.25) is 20.0 Å². The van der Waals surface area contributed by atoms with Crippen LogP contribution in [0, 0.1) is 6.92 Å². The molecule has 0 bridgehead atoms. The van der Waals surface area contributed by atoms with Crippen molar-refractivity contribution in [3.8, 4) is 0 Å². The van der Waals surface area contributed by atoms with E-state index in [2.05, 4.69) is 4.72 Å². The Bertz CT molecular complexity index is 648. The van der Waals surface area contributed by atoms with E-state index in [-0.39, 0.29) is 10.6 Å². The molecule has 0 aromatic heterocycles. The molecule has 0 aliphatic heterocycles. The van der Waals surface area contributed by atoms with Crippen LogP contribution in [-0.4, -0.2) is 41.5 Å². The molecule has 1 aromatic rings. The fourth-order valence-electron chi connectivity index (χ4n) is 1.35. The van der Waals surface area contributed by atoms with Crippen molar-refractivity contribution in [2.75, 3.05) is 25.1 Å². The highest BCUT2D eigenvalue weighted by molar-refractivity contribution is 7.92. The molecule has 0 unspecified atom stereocenters. The van der Waals surface area contributed by atoms with Gasteiger partial charge in [0, 0.05) is 19.8 Å². The molecule has 0 spiro atoms. The molecule has 6 nitrogen and oxygen atoms in total. The fraction of sp³-hybridized carbons (Fsp3) is 0.400. The van der Waals surface area contributed by atoms with Crippen molar-refractivity contribution in [3.05, 3.63) is 23.8 Å². The molecule has 0 aliphatic rings. The Morgan fingerprint density at radius 2 is 1.67 bits per heavy atom. The lowest BCUT2D eigenvalue weighted by Gasteiger charge is -2.15. The van der Waals surface area contributed by atoms with E-state index < -0.39 is 20.0 Å². The number of sulfonamides is 2. The van der Waals surface area contributed by atoms with Gasteiger partial charge in [0.1, 0.15) is 0 Å². The van der Waals surface area contributed by atoms with Crippen molar-refractivity contribution >= 4 is 25.7 Å². The van der Waals surface area contributed by atoms with Crippen LogP contribution >= 0.6 is 0 Å². The lowest BCUT2D eigenvalue weighted by Crippen LogP contribution is -2.23. The summed E-state index contributed by atoms with van der Waals surface area (Å²) < 4.78 is 49.6. The molecule has 1 rings (SSSR count). The Morgan fingerprint density at radius 1 is 1.11 bits per heavy atom. The third kappa shape index (κ3) is 3.44. The Balaban J connectivity index is 3.35. The van der Waals surface area contributed by atoms with E-state index in [1.807, 2.05) is 0 Å². The van der Waals surface area contributed by atoms with Gasteiger partial charge < -0.3 is 0 Å². The Morgan fingerprint density at radius 3 is 2.11 bits per heavy atom. The molecule has 8 heteroatoms. The Kier molecular flexibility index (Phi) is 4.04. The third-order valence-electron chi connectivity index (χ3n) is 2.25. The molecule has 1 N–H and O–H groups in total. The van der Waals surface area contributed by atoms with Crippen LogP contribution in [0.1, 0.15) is 5.56 Å². The summed E-state index contributed by atoms with van der Waals surface area (Å²) in [6.45, 7) is 1.65. The molecule has 0 atom stereocenters. The van der Waals surface area contributed by atoms with Crippen LogP contribution in [-0.2, 0) is 20.0 Å². The average molecular weight is 292 g/mol. The summed E-state index contributed by atoms with van der Waals surface area (Å²) >= 11 is 0. The van der Waals surface area contributed by atoms with Crippen molar-refractivity contribution in [2.45, 2.75) is 11.8 Å². The van der Waals surface area contributed by atoms with Crippen LogP contribution in [0.25, 0.3) is 0 Å². The predicted molar refractivity (Wildman–Crippen MR) is 70.5 cm³/mol. The van der Waals surface area contributed by atoms with Crippen LogP contribution in [0.5, 0.6) is 0 Å². The van der Waals surface area contributed by atoms with Gasteiger partial charge in [-0.1, -0.05) is 6.07 Å². The average Bonchev–Trinajstić information content (AvgIpc) is 2.18. The first-order valence-corrected chi connectivity index (χ1v) is 8.38. The molecule has 0 heterocycles. The summed E-state index contributed by atoms with van der Waals surface area (Å²) in [4.78, 5) is 0.0844. The SMILES string of the molecule is Cc1ccc(NS(C)(=O)=O)cc1S(=O)(=O)N(C)C. The summed E-state index contributed by atoms with van der Waals surface area (Å²) in [5.41, 5.74) is 0.784. The van der Waals surface area contributed by atoms with Crippen molar-refractivity contribution in [1.82, 2.24) is 4.31 Å². The maximum absolute atomic E-state index is 12.0. The lowest BCUT2D eigenvalue weighted by atomic mass is 10.2. The second-order valence-corrected chi connectivity index (χ2v) is 8.01. The fourth-order valence-corrected chi connectivity index (χ4v) is 3.05. The number of benzene rings is 1. The first-order chi connectivity index (χ1) is 8.04. The summed E-state index contributed by atoms with van der Waals surface area (Å²) in [6, 6.07) is 4.39. The summed E-state index contributed by atoms with van der Waals surface area (Å²) in [5, 5.41) is 0. The molecule has 0 saturated carbocycles. The molecular formula is C10H16N2O4S2. The number of nitrogens with zero attached hydrogens (tertiary/aromatic N) is 1. The second kappa shape index (κ2) is 4.87. The van der Waals surface area contributed by atoms with E-state index in [9.17, 15) is 16.8 Å². The minimum atomic E-state index is -3.59. The van der Waals surface area contributed by atoms with Gasteiger partial charge >= 0.3 is 0 Å². The first-order valence-electron chi connectivity index (χ1n) is 5.05. The summed E-state index contributed by atoms with van der Waals surface area (Å²) in [7, 11) is -4.17. The topological polar surface area (TPSA) is 83.5 Å². The number of nitrogens with one attached hydrogen (secondary N) is 1. The molecule has 0 fully saturated rings. The highest BCUT2D eigenvalue weighted by Gasteiger charge is 2.20. The van der Waals surface area contributed by atoms with Gasteiger partial charge in [0.15, 0.2) is 0 Å². The molecule has 0 aliphatic carbocycles. The normalized spacial score (nSPS) is 12.7. The van der Waals surface area contributed by atoms with E-state index in [4.69, 9.17) is 0 Å². The molecular weight excluding hydrogens is 276 g/mol. The third-order valence-corrected chi connectivity index (χ3v) is 4.81. The first kappa shape index (κ1) is 14.9. The van der Waals surface area contributed by atoms with Crippen LogP contribution in [0.15, 0.2) is 23.1 Å². The van der Waals surface area contributed by atoms with Gasteiger partial charge in [-0.15, -0.1) is 0 Å².